The normalized spacial score (nSPS) is 12.0. The van der Waals surface area contributed by atoms with Gasteiger partial charge in [-0.3, -0.25) is 4.98 Å². The van der Waals surface area contributed by atoms with Gasteiger partial charge in [0, 0.05) is 11.6 Å². The molecule has 0 spiro atoms. The number of pyridine rings is 1. The predicted molar refractivity (Wildman–Crippen MR) is 81.2 cm³/mol. The second-order valence-corrected chi connectivity index (χ2v) is 5.59. The summed E-state index contributed by atoms with van der Waals surface area (Å²) in [5.74, 6) is -0.620. The number of carbonyl (C=O) groups is 1. The van der Waals surface area contributed by atoms with Gasteiger partial charge in [0.1, 0.15) is 17.2 Å². The highest BCUT2D eigenvalue weighted by Gasteiger charge is 2.20. The van der Waals surface area contributed by atoms with Crippen LogP contribution in [0, 0.1) is 11.3 Å². The Morgan fingerprint density at radius 1 is 1.29 bits per heavy atom. The molecular weight excluding hydrogens is 264 g/mol. The van der Waals surface area contributed by atoms with Gasteiger partial charge in [-0.05, 0) is 44.5 Å². The summed E-state index contributed by atoms with van der Waals surface area (Å²) in [7, 11) is 0. The first-order chi connectivity index (χ1) is 9.90. The molecule has 0 bridgehead atoms. The molecule has 2 aromatic rings. The molecule has 21 heavy (non-hydrogen) atoms. The third-order valence-corrected chi connectivity index (χ3v) is 2.72. The molecule has 2 rings (SSSR count). The minimum absolute atomic E-state index is 0.0266. The topological polar surface area (TPSA) is 63.0 Å². The number of hydrogen-bond donors (Lipinski definition) is 0. The third kappa shape index (κ3) is 3.67. The van der Waals surface area contributed by atoms with Crippen LogP contribution in [0.3, 0.4) is 0 Å². The van der Waals surface area contributed by atoms with E-state index in [0.717, 1.165) is 16.5 Å². The predicted octanol–water partition coefficient (Wildman–Crippen LogP) is 3.48. The second-order valence-electron chi connectivity index (χ2n) is 5.59. The number of ether oxygens (including phenoxy) is 1. The van der Waals surface area contributed by atoms with E-state index < -0.39 is 11.6 Å². The molecule has 106 valence electrons. The smallest absolute Gasteiger partial charge is 0.349 e. The largest absolute Gasteiger partial charge is 0.456 e. The molecule has 0 aliphatic heterocycles. The van der Waals surface area contributed by atoms with Gasteiger partial charge in [0.25, 0.3) is 0 Å². The Labute approximate surface area is 123 Å². The lowest BCUT2D eigenvalue weighted by atomic mass is 10.1. The molecule has 0 N–H and O–H groups in total. The number of fused-ring (bicyclic) bond motifs is 1. The number of carbonyl (C=O) groups excluding carboxylic acids is 1. The quantitative estimate of drug-likeness (QED) is 0.480. The lowest BCUT2D eigenvalue weighted by Gasteiger charge is -2.19. The lowest BCUT2D eigenvalue weighted by Crippen LogP contribution is -2.24. The summed E-state index contributed by atoms with van der Waals surface area (Å²) in [5.41, 5.74) is 0.921. The Hall–Kier alpha value is -2.67. The number of esters is 1. The first-order valence-corrected chi connectivity index (χ1v) is 6.59. The van der Waals surface area contributed by atoms with Gasteiger partial charge < -0.3 is 4.74 Å². The zero-order valence-corrected chi connectivity index (χ0v) is 12.3. The van der Waals surface area contributed by atoms with Crippen LogP contribution in [0.4, 0.5) is 0 Å². The number of aromatic nitrogens is 1. The van der Waals surface area contributed by atoms with Crippen molar-refractivity contribution in [2.75, 3.05) is 0 Å². The Morgan fingerprint density at radius 2 is 2.00 bits per heavy atom. The van der Waals surface area contributed by atoms with Crippen LogP contribution in [0.25, 0.3) is 17.0 Å². The summed E-state index contributed by atoms with van der Waals surface area (Å²) in [6.07, 6.45) is 3.19. The zero-order chi connectivity index (χ0) is 15.5. The van der Waals surface area contributed by atoms with E-state index in [1.807, 2.05) is 30.3 Å². The average Bonchev–Trinajstić information content (AvgIpc) is 2.42. The van der Waals surface area contributed by atoms with Gasteiger partial charge >= 0.3 is 5.97 Å². The number of benzene rings is 1. The number of nitriles is 1. The van der Waals surface area contributed by atoms with Crippen molar-refractivity contribution in [2.45, 2.75) is 26.4 Å². The Kier molecular flexibility index (Phi) is 4.04. The summed E-state index contributed by atoms with van der Waals surface area (Å²) in [6, 6.07) is 11.2. The Bertz CT molecular complexity index is 744. The Balaban J connectivity index is 2.44. The average molecular weight is 280 g/mol. The van der Waals surface area contributed by atoms with Gasteiger partial charge in [0.15, 0.2) is 0 Å². The van der Waals surface area contributed by atoms with Crippen LogP contribution in [-0.4, -0.2) is 16.6 Å². The van der Waals surface area contributed by atoms with Crippen molar-refractivity contribution < 1.29 is 9.53 Å². The number of para-hydroxylation sites is 1. The molecule has 0 amide bonds. The molecule has 4 nitrogen and oxygen atoms in total. The van der Waals surface area contributed by atoms with Crippen LogP contribution >= 0.6 is 0 Å². The molecule has 1 aromatic heterocycles. The molecule has 0 unspecified atom stereocenters. The molecule has 0 saturated carbocycles. The van der Waals surface area contributed by atoms with Crippen molar-refractivity contribution in [1.29, 1.82) is 5.26 Å². The minimum atomic E-state index is -0.632. The fraction of sp³-hybridized carbons (Fsp3) is 0.235. The Morgan fingerprint density at radius 3 is 2.67 bits per heavy atom. The van der Waals surface area contributed by atoms with E-state index >= 15 is 0 Å². The molecule has 1 heterocycles. The number of hydrogen-bond acceptors (Lipinski definition) is 4. The molecule has 1 aromatic carbocycles. The van der Waals surface area contributed by atoms with Gasteiger partial charge in [-0.1, -0.05) is 18.2 Å². The van der Waals surface area contributed by atoms with E-state index in [2.05, 4.69) is 4.98 Å². The molecule has 0 saturated heterocycles. The van der Waals surface area contributed by atoms with Gasteiger partial charge in [-0.15, -0.1) is 0 Å². The first kappa shape index (κ1) is 14.7. The maximum absolute atomic E-state index is 12.0. The van der Waals surface area contributed by atoms with E-state index in [1.165, 1.54) is 6.08 Å². The monoisotopic (exact) mass is 280 g/mol. The van der Waals surface area contributed by atoms with Crippen molar-refractivity contribution in [2.24, 2.45) is 0 Å². The highest BCUT2D eigenvalue weighted by Crippen LogP contribution is 2.20. The van der Waals surface area contributed by atoms with Gasteiger partial charge in [-0.2, -0.15) is 5.26 Å². The molecule has 0 aliphatic carbocycles. The minimum Gasteiger partial charge on any atom is -0.456 e. The summed E-state index contributed by atoms with van der Waals surface area (Å²) in [5, 5.41) is 10.1. The van der Waals surface area contributed by atoms with Gasteiger partial charge in [0.05, 0.1) is 5.52 Å². The summed E-state index contributed by atoms with van der Waals surface area (Å²) in [4.78, 5) is 16.3. The standard InChI is InChI=1S/C17H16N2O2/c1-17(2,3)21-16(20)13(11-18)10-12-8-9-19-15-7-5-4-6-14(12)15/h4-10H,1-3H3/b13-10+. The van der Waals surface area contributed by atoms with Crippen molar-refractivity contribution >= 4 is 22.9 Å². The van der Waals surface area contributed by atoms with Crippen molar-refractivity contribution in [3.63, 3.8) is 0 Å². The van der Waals surface area contributed by atoms with Crippen molar-refractivity contribution in [1.82, 2.24) is 4.98 Å². The molecule has 0 atom stereocenters. The molecular formula is C17H16N2O2. The van der Waals surface area contributed by atoms with Crippen molar-refractivity contribution in [3.05, 3.63) is 47.7 Å². The van der Waals surface area contributed by atoms with E-state index in [1.54, 1.807) is 33.0 Å². The van der Waals surface area contributed by atoms with E-state index in [4.69, 9.17) is 4.74 Å². The highest BCUT2D eigenvalue weighted by molar-refractivity contribution is 6.00. The van der Waals surface area contributed by atoms with E-state index in [0.29, 0.717) is 0 Å². The first-order valence-electron chi connectivity index (χ1n) is 6.59. The maximum Gasteiger partial charge on any atom is 0.349 e. The summed E-state index contributed by atoms with van der Waals surface area (Å²) >= 11 is 0. The highest BCUT2D eigenvalue weighted by atomic mass is 16.6. The summed E-state index contributed by atoms with van der Waals surface area (Å²) in [6.45, 7) is 5.30. The number of nitrogens with zero attached hydrogens (tertiary/aromatic N) is 2. The van der Waals surface area contributed by atoms with Crippen LogP contribution < -0.4 is 0 Å². The molecule has 0 fully saturated rings. The second kappa shape index (κ2) is 5.76. The van der Waals surface area contributed by atoms with Crippen LogP contribution in [-0.2, 0) is 9.53 Å². The van der Waals surface area contributed by atoms with Crippen LogP contribution in [0.1, 0.15) is 26.3 Å². The molecule has 0 aliphatic rings. The van der Waals surface area contributed by atoms with E-state index in [-0.39, 0.29) is 5.57 Å². The fourth-order valence-electron chi connectivity index (χ4n) is 1.87. The van der Waals surface area contributed by atoms with Crippen LogP contribution in [0.5, 0.6) is 0 Å². The van der Waals surface area contributed by atoms with Gasteiger partial charge in [0.2, 0.25) is 0 Å². The van der Waals surface area contributed by atoms with Crippen molar-refractivity contribution in [3.8, 4) is 6.07 Å². The summed E-state index contributed by atoms with van der Waals surface area (Å²) < 4.78 is 5.23. The van der Waals surface area contributed by atoms with Crippen LogP contribution in [0.15, 0.2) is 42.1 Å². The maximum atomic E-state index is 12.0. The third-order valence-electron chi connectivity index (χ3n) is 2.72. The van der Waals surface area contributed by atoms with Crippen LogP contribution in [0.2, 0.25) is 0 Å². The fourth-order valence-corrected chi connectivity index (χ4v) is 1.87. The zero-order valence-electron chi connectivity index (χ0n) is 12.3. The molecule has 0 radical (unpaired) electrons. The number of rotatable bonds is 2. The SMILES string of the molecule is CC(C)(C)OC(=O)/C(C#N)=C/c1ccnc2ccccc12. The van der Waals surface area contributed by atoms with Gasteiger partial charge in [-0.25, -0.2) is 4.79 Å². The molecule has 4 heteroatoms. The lowest BCUT2D eigenvalue weighted by molar-refractivity contribution is -0.149. The van der Waals surface area contributed by atoms with E-state index in [9.17, 15) is 10.1 Å².